The molecule has 2 fully saturated rings. The first-order chi connectivity index (χ1) is 13.9. The molecular weight excluding hydrogens is 386 g/mol. The molecule has 1 aromatic carbocycles. The van der Waals surface area contributed by atoms with Gasteiger partial charge in [0.15, 0.2) is 5.65 Å². The standard InChI is InChI=1S/C21H19F4N3O/c22-15-5-3-13(4-6-15)14-10-16(11-14)29-17-7-8-28-18(9-12-1-2-12)26-27-20(28)19(17)21(23,24)25/h3-8,12,14,16H,1-2,9-11H2. The van der Waals surface area contributed by atoms with Crippen molar-refractivity contribution in [1.82, 2.24) is 14.6 Å². The molecule has 3 aromatic rings. The lowest BCUT2D eigenvalue weighted by molar-refractivity contribution is -0.138. The third-order valence-electron chi connectivity index (χ3n) is 5.79. The molecule has 0 aliphatic heterocycles. The zero-order valence-electron chi connectivity index (χ0n) is 15.5. The predicted molar refractivity (Wildman–Crippen MR) is 97.2 cm³/mol. The maximum atomic E-state index is 13.8. The van der Waals surface area contributed by atoms with Crippen molar-refractivity contribution in [1.29, 1.82) is 0 Å². The fourth-order valence-electron chi connectivity index (χ4n) is 3.92. The van der Waals surface area contributed by atoms with Gasteiger partial charge in [-0.1, -0.05) is 12.1 Å². The minimum Gasteiger partial charge on any atom is -0.490 e. The molecule has 4 nitrogen and oxygen atoms in total. The molecule has 2 aliphatic carbocycles. The van der Waals surface area contributed by atoms with E-state index in [4.69, 9.17) is 4.74 Å². The largest absolute Gasteiger partial charge is 0.490 e. The fraction of sp³-hybridized carbons (Fsp3) is 0.429. The van der Waals surface area contributed by atoms with E-state index in [0.717, 1.165) is 18.4 Å². The van der Waals surface area contributed by atoms with E-state index >= 15 is 0 Å². The Hall–Kier alpha value is -2.64. The summed E-state index contributed by atoms with van der Waals surface area (Å²) in [5.74, 6) is 0.693. The van der Waals surface area contributed by atoms with Gasteiger partial charge in [0.25, 0.3) is 0 Å². The second kappa shape index (κ2) is 6.71. The number of hydrogen-bond donors (Lipinski definition) is 0. The number of ether oxygens (including phenoxy) is 1. The van der Waals surface area contributed by atoms with Crippen molar-refractivity contribution in [2.45, 2.75) is 50.3 Å². The van der Waals surface area contributed by atoms with Gasteiger partial charge in [-0.15, -0.1) is 10.2 Å². The number of halogens is 4. The Morgan fingerprint density at radius 1 is 1.03 bits per heavy atom. The molecule has 0 unspecified atom stereocenters. The molecule has 0 atom stereocenters. The predicted octanol–water partition coefficient (Wildman–Crippen LogP) is 5.16. The van der Waals surface area contributed by atoms with Crippen molar-refractivity contribution in [2.75, 3.05) is 0 Å². The maximum absolute atomic E-state index is 13.8. The van der Waals surface area contributed by atoms with Gasteiger partial charge >= 0.3 is 6.18 Å². The van der Waals surface area contributed by atoms with Crippen LogP contribution in [0.1, 0.15) is 48.6 Å². The van der Waals surface area contributed by atoms with Crippen LogP contribution in [0.15, 0.2) is 36.5 Å². The zero-order chi connectivity index (χ0) is 20.2. The van der Waals surface area contributed by atoms with E-state index in [1.165, 1.54) is 22.6 Å². The fourth-order valence-corrected chi connectivity index (χ4v) is 3.92. The van der Waals surface area contributed by atoms with E-state index in [1.54, 1.807) is 18.3 Å². The Kier molecular flexibility index (Phi) is 4.26. The van der Waals surface area contributed by atoms with Crippen molar-refractivity contribution < 1.29 is 22.3 Å². The highest BCUT2D eigenvalue weighted by Crippen LogP contribution is 2.44. The molecule has 0 N–H and O–H groups in total. The number of alkyl halides is 3. The average molecular weight is 405 g/mol. The van der Waals surface area contributed by atoms with Crippen molar-refractivity contribution in [3.05, 3.63) is 59.3 Å². The Morgan fingerprint density at radius 2 is 1.76 bits per heavy atom. The molecule has 5 rings (SSSR count). The van der Waals surface area contributed by atoms with Crippen molar-refractivity contribution >= 4 is 5.65 Å². The van der Waals surface area contributed by atoms with E-state index in [9.17, 15) is 17.6 Å². The zero-order valence-corrected chi connectivity index (χ0v) is 15.5. The molecule has 0 saturated heterocycles. The van der Waals surface area contributed by atoms with Crippen molar-refractivity contribution in [2.24, 2.45) is 5.92 Å². The summed E-state index contributed by atoms with van der Waals surface area (Å²) in [7, 11) is 0. The summed E-state index contributed by atoms with van der Waals surface area (Å²) in [5, 5.41) is 7.82. The normalized spacial score (nSPS) is 21.9. The van der Waals surface area contributed by atoms with Gasteiger partial charge in [-0.3, -0.25) is 4.40 Å². The van der Waals surface area contributed by atoms with Crippen LogP contribution in [0.5, 0.6) is 5.75 Å². The van der Waals surface area contributed by atoms with Crippen LogP contribution in [0, 0.1) is 11.7 Å². The maximum Gasteiger partial charge on any atom is 0.423 e. The summed E-state index contributed by atoms with van der Waals surface area (Å²) in [6.07, 6.45) is 0.637. The summed E-state index contributed by atoms with van der Waals surface area (Å²) in [5.41, 5.74) is -0.111. The molecule has 0 bridgehead atoms. The highest BCUT2D eigenvalue weighted by Gasteiger charge is 2.41. The SMILES string of the molecule is Fc1ccc(C2CC(Oc3ccn4c(CC5CC5)nnc4c3C(F)(F)F)C2)cc1. The number of rotatable bonds is 5. The Bertz CT molecular complexity index is 1030. The topological polar surface area (TPSA) is 39.4 Å². The molecular formula is C21H19F4N3O. The summed E-state index contributed by atoms with van der Waals surface area (Å²) in [6, 6.07) is 7.57. The number of fused-ring (bicyclic) bond motifs is 1. The average Bonchev–Trinajstić information content (AvgIpc) is 3.36. The van der Waals surface area contributed by atoms with Crippen LogP contribution in [0.4, 0.5) is 17.6 Å². The molecule has 0 radical (unpaired) electrons. The van der Waals surface area contributed by atoms with Gasteiger partial charge in [0.1, 0.15) is 23.0 Å². The molecule has 2 aliphatic rings. The molecule has 29 heavy (non-hydrogen) atoms. The lowest BCUT2D eigenvalue weighted by atomic mass is 9.77. The number of nitrogens with zero attached hydrogens (tertiary/aromatic N) is 3. The summed E-state index contributed by atoms with van der Waals surface area (Å²) < 4.78 is 61.6. The van der Waals surface area contributed by atoms with Crippen LogP contribution in [0.2, 0.25) is 0 Å². The van der Waals surface area contributed by atoms with E-state index in [-0.39, 0.29) is 29.2 Å². The molecule has 0 spiro atoms. The molecule has 2 aromatic heterocycles. The second-order valence-electron chi connectivity index (χ2n) is 7.97. The van der Waals surface area contributed by atoms with Crippen molar-refractivity contribution in [3.8, 4) is 5.75 Å². The van der Waals surface area contributed by atoms with Gasteiger partial charge < -0.3 is 4.74 Å². The second-order valence-corrected chi connectivity index (χ2v) is 7.97. The van der Waals surface area contributed by atoms with Crippen LogP contribution in [-0.4, -0.2) is 20.7 Å². The highest BCUT2D eigenvalue weighted by atomic mass is 19.4. The number of aromatic nitrogens is 3. The van der Waals surface area contributed by atoms with Crippen molar-refractivity contribution in [3.63, 3.8) is 0 Å². The number of benzene rings is 1. The lowest BCUT2D eigenvalue weighted by Gasteiger charge is -2.36. The van der Waals surface area contributed by atoms with Gasteiger partial charge in [0, 0.05) is 12.6 Å². The summed E-state index contributed by atoms with van der Waals surface area (Å²) in [6.45, 7) is 0. The lowest BCUT2D eigenvalue weighted by Crippen LogP contribution is -2.33. The first-order valence-electron chi connectivity index (χ1n) is 9.74. The molecule has 8 heteroatoms. The van der Waals surface area contributed by atoms with E-state index < -0.39 is 11.7 Å². The smallest absolute Gasteiger partial charge is 0.423 e. The minimum absolute atomic E-state index is 0.164. The van der Waals surface area contributed by atoms with Gasteiger partial charge in [0.05, 0.1) is 6.10 Å². The molecule has 152 valence electrons. The van der Waals surface area contributed by atoms with E-state index in [1.807, 2.05) is 0 Å². The quantitative estimate of drug-likeness (QED) is 0.550. The van der Waals surface area contributed by atoms with Gasteiger partial charge in [-0.2, -0.15) is 13.2 Å². The van der Waals surface area contributed by atoms with Crippen LogP contribution >= 0.6 is 0 Å². The monoisotopic (exact) mass is 405 g/mol. The molecule has 0 amide bonds. The number of pyridine rings is 1. The van der Waals surface area contributed by atoms with E-state index in [0.29, 0.717) is 31.0 Å². The Labute approximate surface area is 164 Å². The molecule has 2 heterocycles. The van der Waals surface area contributed by atoms with Crippen LogP contribution < -0.4 is 4.74 Å². The van der Waals surface area contributed by atoms with Gasteiger partial charge in [-0.05, 0) is 61.3 Å². The van der Waals surface area contributed by atoms with Gasteiger partial charge in [0.2, 0.25) is 0 Å². The summed E-state index contributed by atoms with van der Waals surface area (Å²) in [4.78, 5) is 0. The van der Waals surface area contributed by atoms with Crippen LogP contribution in [0.3, 0.4) is 0 Å². The Morgan fingerprint density at radius 3 is 2.41 bits per heavy atom. The van der Waals surface area contributed by atoms with Gasteiger partial charge in [-0.25, -0.2) is 4.39 Å². The first kappa shape index (κ1) is 18.4. The summed E-state index contributed by atoms with van der Waals surface area (Å²) >= 11 is 0. The molecule has 2 saturated carbocycles. The number of hydrogen-bond acceptors (Lipinski definition) is 3. The van der Waals surface area contributed by atoms with Crippen LogP contribution in [0.25, 0.3) is 5.65 Å². The Balaban J connectivity index is 1.38. The third kappa shape index (κ3) is 3.56. The van der Waals surface area contributed by atoms with E-state index in [2.05, 4.69) is 10.2 Å². The first-order valence-corrected chi connectivity index (χ1v) is 9.74. The minimum atomic E-state index is -4.60. The van der Waals surface area contributed by atoms with Crippen LogP contribution in [-0.2, 0) is 12.6 Å². The third-order valence-corrected chi connectivity index (χ3v) is 5.79. The highest BCUT2D eigenvalue weighted by molar-refractivity contribution is 5.57.